The summed E-state index contributed by atoms with van der Waals surface area (Å²) in [6, 6.07) is 8.69. The molecule has 0 aliphatic carbocycles. The van der Waals surface area contributed by atoms with Crippen LogP contribution in [-0.4, -0.2) is 69.0 Å². The number of rotatable bonds is 6. The molecule has 9 heteroatoms. The molecule has 0 bridgehead atoms. The van der Waals surface area contributed by atoms with Crippen LogP contribution in [0.5, 0.6) is 0 Å². The molecule has 0 saturated carbocycles. The quantitative estimate of drug-likeness (QED) is 0.761. The Labute approximate surface area is 161 Å². The highest BCUT2D eigenvalue weighted by Crippen LogP contribution is 2.31. The number of fused-ring (bicyclic) bond motifs is 1. The minimum Gasteiger partial charge on any atom is -0.480 e. The van der Waals surface area contributed by atoms with Crippen molar-refractivity contribution in [3.63, 3.8) is 0 Å². The molecule has 0 aromatic heterocycles. The maximum Gasteiger partial charge on any atom is 0.325 e. The fourth-order valence-corrected chi connectivity index (χ4v) is 4.19. The molecule has 3 amide bonds. The van der Waals surface area contributed by atoms with E-state index in [4.69, 9.17) is 0 Å². The Kier molecular flexibility index (Phi) is 5.69. The number of thioether (sulfide) groups is 1. The third-order valence-electron chi connectivity index (χ3n) is 4.70. The van der Waals surface area contributed by atoms with E-state index in [1.165, 1.54) is 4.90 Å². The van der Waals surface area contributed by atoms with Crippen LogP contribution in [0.3, 0.4) is 0 Å². The highest BCUT2D eigenvalue weighted by Gasteiger charge is 2.49. The summed E-state index contributed by atoms with van der Waals surface area (Å²) in [6.07, 6.45) is 0.469. The zero-order valence-corrected chi connectivity index (χ0v) is 16.0. The summed E-state index contributed by atoms with van der Waals surface area (Å²) in [5.41, 5.74) is 1.11. The van der Waals surface area contributed by atoms with Crippen LogP contribution in [0.25, 0.3) is 0 Å². The molecule has 2 N–H and O–H groups in total. The van der Waals surface area contributed by atoms with Gasteiger partial charge >= 0.3 is 12.0 Å². The highest BCUT2D eigenvalue weighted by atomic mass is 32.2. The lowest BCUT2D eigenvalue weighted by Gasteiger charge is -2.36. The van der Waals surface area contributed by atoms with Crippen molar-refractivity contribution < 1.29 is 19.5 Å². The number of hydrogen-bond donors (Lipinski definition) is 2. The van der Waals surface area contributed by atoms with E-state index in [1.54, 1.807) is 14.0 Å². The van der Waals surface area contributed by atoms with Gasteiger partial charge in [0, 0.05) is 13.6 Å². The van der Waals surface area contributed by atoms with Gasteiger partial charge in [0.1, 0.15) is 5.25 Å². The Morgan fingerprint density at radius 1 is 1.33 bits per heavy atom. The average Bonchev–Trinajstić information content (AvgIpc) is 3.02. The Balaban J connectivity index is 1.85. The summed E-state index contributed by atoms with van der Waals surface area (Å²) in [7, 11) is 1.58. The summed E-state index contributed by atoms with van der Waals surface area (Å²) in [4.78, 5) is 43.6. The van der Waals surface area contributed by atoms with Gasteiger partial charge in [-0.05, 0) is 18.4 Å². The van der Waals surface area contributed by atoms with Gasteiger partial charge in [0.05, 0.1) is 0 Å². The van der Waals surface area contributed by atoms with Gasteiger partial charge in [-0.15, -0.1) is 0 Å². The molecular formula is C18H22N4O4S. The highest BCUT2D eigenvalue weighted by molar-refractivity contribution is 8.14. The number of nitrogens with zero attached hydrogens (tertiary/aromatic N) is 3. The molecule has 1 aromatic carbocycles. The SMILES string of the molecule is CCC(SC1=NC2C(C(=O)NC(=O)N2C)N1CCc1ccccc1)C(=O)O. The maximum absolute atomic E-state index is 12.5. The first-order chi connectivity index (χ1) is 12.9. The number of aliphatic carboxylic acids is 1. The number of amidine groups is 1. The molecule has 2 aliphatic heterocycles. The van der Waals surface area contributed by atoms with E-state index < -0.39 is 35.4 Å². The number of amides is 3. The lowest BCUT2D eigenvalue weighted by atomic mass is 10.1. The van der Waals surface area contributed by atoms with Gasteiger partial charge in [-0.3, -0.25) is 14.9 Å². The Morgan fingerprint density at radius 3 is 2.67 bits per heavy atom. The third-order valence-corrected chi connectivity index (χ3v) is 6.07. The monoisotopic (exact) mass is 390 g/mol. The number of hydrogen-bond acceptors (Lipinski definition) is 6. The van der Waals surface area contributed by atoms with Gasteiger partial charge < -0.3 is 14.9 Å². The summed E-state index contributed by atoms with van der Waals surface area (Å²) in [5, 5.41) is 11.6. The summed E-state index contributed by atoms with van der Waals surface area (Å²) < 4.78 is 0. The van der Waals surface area contributed by atoms with E-state index in [0.717, 1.165) is 17.3 Å². The van der Waals surface area contributed by atoms with Gasteiger partial charge in [0.25, 0.3) is 5.91 Å². The standard InChI is InChI=1S/C18H22N4O4S/c1-3-12(16(24)25)27-18-19-14-13(15(23)20-17(26)21(14)2)22(18)10-9-11-7-5-4-6-8-11/h4-8,12-14H,3,9-10H2,1-2H3,(H,24,25)(H,20,23,26). The van der Waals surface area contributed by atoms with Gasteiger partial charge in [0.2, 0.25) is 0 Å². The number of benzene rings is 1. The summed E-state index contributed by atoms with van der Waals surface area (Å²) in [6.45, 7) is 2.30. The number of carboxylic acids is 1. The summed E-state index contributed by atoms with van der Waals surface area (Å²) >= 11 is 1.13. The van der Waals surface area contributed by atoms with Gasteiger partial charge in [-0.1, -0.05) is 49.0 Å². The average molecular weight is 390 g/mol. The number of carboxylic acid groups (broad SMARTS) is 1. The van der Waals surface area contributed by atoms with Gasteiger partial charge in [0.15, 0.2) is 17.4 Å². The fourth-order valence-electron chi connectivity index (χ4n) is 3.16. The predicted octanol–water partition coefficient (Wildman–Crippen LogP) is 1.37. The number of likely N-dealkylation sites (N-methyl/N-ethyl adjacent to an activating group) is 1. The van der Waals surface area contributed by atoms with Crippen LogP contribution < -0.4 is 5.32 Å². The van der Waals surface area contributed by atoms with E-state index in [2.05, 4.69) is 10.3 Å². The van der Waals surface area contributed by atoms with Crippen molar-refractivity contribution in [3.05, 3.63) is 35.9 Å². The predicted molar refractivity (Wildman–Crippen MR) is 102 cm³/mol. The molecule has 1 aromatic rings. The van der Waals surface area contributed by atoms with Crippen molar-refractivity contribution in [2.24, 2.45) is 4.99 Å². The van der Waals surface area contributed by atoms with E-state index in [-0.39, 0.29) is 0 Å². The molecule has 2 heterocycles. The smallest absolute Gasteiger partial charge is 0.325 e. The number of nitrogens with one attached hydrogen (secondary N) is 1. The third kappa shape index (κ3) is 3.92. The molecule has 144 valence electrons. The van der Waals surface area contributed by atoms with E-state index in [9.17, 15) is 19.5 Å². The topological polar surface area (TPSA) is 102 Å². The number of urea groups is 1. The molecule has 3 rings (SSSR count). The molecule has 0 radical (unpaired) electrons. The second-order valence-electron chi connectivity index (χ2n) is 6.46. The Hall–Kier alpha value is -2.55. The van der Waals surface area contributed by atoms with Crippen molar-refractivity contribution in [1.82, 2.24) is 15.1 Å². The van der Waals surface area contributed by atoms with Crippen molar-refractivity contribution in [2.75, 3.05) is 13.6 Å². The minimum absolute atomic E-state index is 0.404. The number of carbonyl (C=O) groups excluding carboxylic acids is 2. The van der Waals surface area contributed by atoms with E-state index in [1.807, 2.05) is 35.2 Å². The molecule has 0 spiro atoms. The van der Waals surface area contributed by atoms with Crippen LogP contribution in [0.2, 0.25) is 0 Å². The molecule has 8 nitrogen and oxygen atoms in total. The Morgan fingerprint density at radius 2 is 2.04 bits per heavy atom. The van der Waals surface area contributed by atoms with Crippen molar-refractivity contribution in [2.45, 2.75) is 37.2 Å². The second-order valence-corrected chi connectivity index (χ2v) is 7.63. The molecule has 27 heavy (non-hydrogen) atoms. The first-order valence-electron chi connectivity index (χ1n) is 8.77. The second kappa shape index (κ2) is 7.99. The van der Waals surface area contributed by atoms with Crippen LogP contribution in [0.4, 0.5) is 4.79 Å². The number of imide groups is 1. The largest absolute Gasteiger partial charge is 0.480 e. The number of aliphatic imine (C=N–C) groups is 1. The van der Waals surface area contributed by atoms with Gasteiger partial charge in [-0.25, -0.2) is 9.79 Å². The van der Waals surface area contributed by atoms with Gasteiger partial charge in [-0.2, -0.15) is 0 Å². The van der Waals surface area contributed by atoms with E-state index in [0.29, 0.717) is 24.6 Å². The van der Waals surface area contributed by atoms with Crippen LogP contribution >= 0.6 is 11.8 Å². The minimum atomic E-state index is -0.919. The molecule has 1 saturated heterocycles. The molecule has 3 unspecified atom stereocenters. The van der Waals surface area contributed by atoms with Crippen molar-refractivity contribution in [3.8, 4) is 0 Å². The molecular weight excluding hydrogens is 368 g/mol. The Bertz CT molecular complexity index is 770. The maximum atomic E-state index is 12.5. The zero-order chi connectivity index (χ0) is 19.6. The lowest BCUT2D eigenvalue weighted by Crippen LogP contribution is -2.63. The molecule has 3 atom stereocenters. The summed E-state index contributed by atoms with van der Waals surface area (Å²) in [5.74, 6) is -1.32. The molecule has 2 aliphatic rings. The van der Waals surface area contributed by atoms with Crippen molar-refractivity contribution >= 4 is 34.8 Å². The van der Waals surface area contributed by atoms with Crippen LogP contribution in [0.15, 0.2) is 35.3 Å². The van der Waals surface area contributed by atoms with Crippen LogP contribution in [0.1, 0.15) is 18.9 Å². The van der Waals surface area contributed by atoms with Crippen LogP contribution in [0, 0.1) is 0 Å². The van der Waals surface area contributed by atoms with Crippen molar-refractivity contribution in [1.29, 1.82) is 0 Å². The molecule has 1 fully saturated rings. The lowest BCUT2D eigenvalue weighted by molar-refractivity contribution is -0.136. The number of carbonyl (C=O) groups is 3. The normalized spacial score (nSPS) is 23.0. The zero-order valence-electron chi connectivity index (χ0n) is 15.2. The first kappa shape index (κ1) is 19.2. The first-order valence-corrected chi connectivity index (χ1v) is 9.65. The van der Waals surface area contributed by atoms with Crippen LogP contribution in [-0.2, 0) is 16.0 Å². The fraction of sp³-hybridized carbons (Fsp3) is 0.444. The van der Waals surface area contributed by atoms with E-state index >= 15 is 0 Å².